The van der Waals surface area contributed by atoms with Gasteiger partial charge in [0.25, 0.3) is 0 Å². The monoisotopic (exact) mass is 284 g/mol. The van der Waals surface area contributed by atoms with E-state index in [1.165, 1.54) is 0 Å². The van der Waals surface area contributed by atoms with Crippen molar-refractivity contribution >= 4 is 5.91 Å². The van der Waals surface area contributed by atoms with Crippen molar-refractivity contribution in [3.05, 3.63) is 0 Å². The van der Waals surface area contributed by atoms with E-state index in [0.29, 0.717) is 6.54 Å². The van der Waals surface area contributed by atoms with Crippen LogP contribution in [0.3, 0.4) is 0 Å². The van der Waals surface area contributed by atoms with Crippen molar-refractivity contribution in [2.45, 2.75) is 57.6 Å². The third kappa shape index (κ3) is 2.36. The number of aliphatic hydroxyl groups excluding tert-OH is 1. The second kappa shape index (κ2) is 6.00. The van der Waals surface area contributed by atoms with Gasteiger partial charge in [0.15, 0.2) is 0 Å². The summed E-state index contributed by atoms with van der Waals surface area (Å²) in [5.74, 6) is 0.0990. The minimum Gasteiger partial charge on any atom is -0.396 e. The van der Waals surface area contributed by atoms with Gasteiger partial charge in [0.1, 0.15) is 5.54 Å². The lowest BCUT2D eigenvalue weighted by atomic mass is 9.46. The van der Waals surface area contributed by atoms with Crippen LogP contribution in [0.2, 0.25) is 0 Å². The van der Waals surface area contributed by atoms with Crippen LogP contribution < -0.4 is 11.1 Å². The maximum Gasteiger partial charge on any atom is 0.241 e. The Balaban J connectivity index is 1.90. The normalized spacial score (nSPS) is 35.0. The zero-order valence-corrected chi connectivity index (χ0v) is 12.7. The minimum atomic E-state index is -0.810. The quantitative estimate of drug-likeness (QED) is 0.630. The van der Waals surface area contributed by atoms with E-state index in [9.17, 15) is 4.79 Å². The van der Waals surface area contributed by atoms with Crippen LogP contribution in [0.5, 0.6) is 0 Å². The summed E-state index contributed by atoms with van der Waals surface area (Å²) in [5.41, 5.74) is 5.36. The molecule has 3 atom stereocenters. The van der Waals surface area contributed by atoms with E-state index >= 15 is 0 Å². The molecule has 2 aliphatic rings. The Bertz CT molecular complexity index is 359. The Kier molecular flexibility index (Phi) is 4.72. The molecular formula is C15H28N2O3. The summed E-state index contributed by atoms with van der Waals surface area (Å²) in [6.07, 6.45) is 4.66. The summed E-state index contributed by atoms with van der Waals surface area (Å²) in [4.78, 5) is 12.5. The third-order valence-corrected chi connectivity index (χ3v) is 5.18. The predicted molar refractivity (Wildman–Crippen MR) is 77.1 cm³/mol. The lowest BCUT2D eigenvalue weighted by Gasteiger charge is -2.65. The van der Waals surface area contributed by atoms with Gasteiger partial charge in [-0.25, -0.2) is 0 Å². The summed E-state index contributed by atoms with van der Waals surface area (Å²) in [7, 11) is 0. The molecule has 0 bridgehead atoms. The van der Waals surface area contributed by atoms with Gasteiger partial charge in [-0.15, -0.1) is 0 Å². The molecule has 0 aromatic heterocycles. The molecule has 1 heterocycles. The highest BCUT2D eigenvalue weighted by Gasteiger charge is 2.70. The first-order valence-corrected chi connectivity index (χ1v) is 7.76. The molecule has 0 aromatic rings. The third-order valence-electron chi connectivity index (χ3n) is 5.18. The second-order valence-corrected chi connectivity index (χ2v) is 6.67. The maximum absolute atomic E-state index is 12.5. The van der Waals surface area contributed by atoms with Gasteiger partial charge in [-0.1, -0.05) is 13.8 Å². The smallest absolute Gasteiger partial charge is 0.241 e. The highest BCUT2D eigenvalue weighted by molar-refractivity contribution is 5.89. The molecule has 1 aliphatic carbocycles. The topological polar surface area (TPSA) is 84.6 Å². The number of nitrogens with two attached hydrogens (primary N) is 1. The van der Waals surface area contributed by atoms with Crippen molar-refractivity contribution in [2.24, 2.45) is 17.1 Å². The number of fused-ring (bicyclic) bond motifs is 1. The summed E-state index contributed by atoms with van der Waals surface area (Å²) in [5, 5.41) is 11.7. The van der Waals surface area contributed by atoms with E-state index in [1.54, 1.807) is 0 Å². The SMILES string of the molecule is CC1(C)C2OCCCC2C1(N)C(=O)NCCCCCO. The van der Waals surface area contributed by atoms with Crippen LogP contribution in [0.1, 0.15) is 46.0 Å². The second-order valence-electron chi connectivity index (χ2n) is 6.67. The summed E-state index contributed by atoms with van der Waals surface area (Å²) in [6.45, 7) is 5.69. The van der Waals surface area contributed by atoms with E-state index in [0.717, 1.165) is 38.7 Å². The van der Waals surface area contributed by atoms with Crippen molar-refractivity contribution < 1.29 is 14.6 Å². The van der Waals surface area contributed by atoms with Gasteiger partial charge in [-0.2, -0.15) is 0 Å². The summed E-state index contributed by atoms with van der Waals surface area (Å²) >= 11 is 0. The van der Waals surface area contributed by atoms with Crippen molar-refractivity contribution in [3.63, 3.8) is 0 Å². The Hall–Kier alpha value is -0.650. The predicted octanol–water partition coefficient (Wildman–Crippen LogP) is 0.798. The number of unbranched alkanes of at least 4 members (excludes halogenated alkanes) is 2. The zero-order chi connectivity index (χ0) is 14.8. The average molecular weight is 284 g/mol. The highest BCUT2D eigenvalue weighted by Crippen LogP contribution is 2.57. The number of ether oxygens (including phenoxy) is 1. The molecule has 3 unspecified atom stereocenters. The van der Waals surface area contributed by atoms with Crippen molar-refractivity contribution in [1.82, 2.24) is 5.32 Å². The van der Waals surface area contributed by atoms with E-state index in [2.05, 4.69) is 5.32 Å². The first kappa shape index (κ1) is 15.7. The molecular weight excluding hydrogens is 256 g/mol. The van der Waals surface area contributed by atoms with E-state index in [4.69, 9.17) is 15.6 Å². The van der Waals surface area contributed by atoms with Gasteiger partial charge in [-0.05, 0) is 32.1 Å². The minimum absolute atomic E-state index is 0.0433. The zero-order valence-electron chi connectivity index (χ0n) is 12.7. The molecule has 0 aromatic carbocycles. The number of carbonyl (C=O) groups is 1. The van der Waals surface area contributed by atoms with E-state index in [1.807, 2.05) is 13.8 Å². The molecule has 5 nitrogen and oxygen atoms in total. The highest BCUT2D eigenvalue weighted by atomic mass is 16.5. The largest absolute Gasteiger partial charge is 0.396 e. The Morgan fingerprint density at radius 1 is 1.40 bits per heavy atom. The summed E-state index contributed by atoms with van der Waals surface area (Å²) in [6, 6.07) is 0. The number of hydrogen-bond donors (Lipinski definition) is 3. The molecule has 1 saturated heterocycles. The molecule has 0 spiro atoms. The number of hydrogen-bond acceptors (Lipinski definition) is 4. The van der Waals surface area contributed by atoms with Gasteiger partial charge in [-0.3, -0.25) is 4.79 Å². The fraction of sp³-hybridized carbons (Fsp3) is 0.933. The van der Waals surface area contributed by atoms with Crippen LogP contribution in [0, 0.1) is 11.3 Å². The summed E-state index contributed by atoms with van der Waals surface area (Å²) < 4.78 is 5.81. The number of nitrogens with one attached hydrogen (secondary N) is 1. The maximum atomic E-state index is 12.5. The fourth-order valence-corrected chi connectivity index (χ4v) is 3.80. The molecule has 116 valence electrons. The van der Waals surface area contributed by atoms with Crippen molar-refractivity contribution in [2.75, 3.05) is 19.8 Å². The average Bonchev–Trinajstić information content (AvgIpc) is 2.45. The van der Waals surface area contributed by atoms with E-state index < -0.39 is 5.54 Å². The van der Waals surface area contributed by atoms with Crippen LogP contribution in [-0.2, 0) is 9.53 Å². The van der Waals surface area contributed by atoms with Crippen molar-refractivity contribution in [3.8, 4) is 0 Å². The number of rotatable bonds is 6. The van der Waals surface area contributed by atoms with Gasteiger partial charge < -0.3 is 20.9 Å². The van der Waals surface area contributed by atoms with Crippen LogP contribution in [0.15, 0.2) is 0 Å². The Morgan fingerprint density at radius 2 is 2.15 bits per heavy atom. The number of amides is 1. The number of aliphatic hydroxyl groups is 1. The lowest BCUT2D eigenvalue weighted by Crippen LogP contribution is -2.82. The van der Waals surface area contributed by atoms with Gasteiger partial charge in [0.05, 0.1) is 6.10 Å². The molecule has 2 fully saturated rings. The van der Waals surface area contributed by atoms with Gasteiger partial charge in [0.2, 0.25) is 5.91 Å². The lowest BCUT2D eigenvalue weighted by molar-refractivity contribution is -0.225. The molecule has 2 rings (SSSR count). The van der Waals surface area contributed by atoms with Gasteiger partial charge >= 0.3 is 0 Å². The Morgan fingerprint density at radius 3 is 2.85 bits per heavy atom. The van der Waals surface area contributed by atoms with Crippen LogP contribution in [-0.4, -0.2) is 42.4 Å². The standard InChI is InChI=1S/C15H28N2O3/c1-14(2)12-11(7-6-10-20-12)15(14,16)13(19)17-8-4-3-5-9-18/h11-12,18H,3-10,16H2,1-2H3,(H,17,19). The van der Waals surface area contributed by atoms with Crippen LogP contribution in [0.4, 0.5) is 0 Å². The molecule has 5 heteroatoms. The molecule has 1 amide bonds. The molecule has 20 heavy (non-hydrogen) atoms. The number of carbonyl (C=O) groups excluding carboxylic acids is 1. The molecule has 4 N–H and O–H groups in total. The van der Waals surface area contributed by atoms with E-state index in [-0.39, 0.29) is 30.0 Å². The first-order chi connectivity index (χ1) is 9.46. The van der Waals surface area contributed by atoms with Crippen LogP contribution in [0.25, 0.3) is 0 Å². The molecule has 0 radical (unpaired) electrons. The van der Waals surface area contributed by atoms with Crippen LogP contribution >= 0.6 is 0 Å². The Labute approximate surface area is 121 Å². The van der Waals surface area contributed by atoms with Crippen molar-refractivity contribution in [1.29, 1.82) is 0 Å². The first-order valence-electron chi connectivity index (χ1n) is 7.76. The molecule has 1 saturated carbocycles. The molecule has 1 aliphatic heterocycles. The fourth-order valence-electron chi connectivity index (χ4n) is 3.80. The van der Waals surface area contributed by atoms with Gasteiger partial charge in [0, 0.05) is 31.1 Å².